The van der Waals surface area contributed by atoms with Crippen LogP contribution in [0.15, 0.2) is 0 Å². The first-order valence-electron chi connectivity index (χ1n) is 5.74. The third kappa shape index (κ3) is 2.07. The van der Waals surface area contributed by atoms with Crippen molar-refractivity contribution >= 4 is 34.9 Å². The van der Waals surface area contributed by atoms with Gasteiger partial charge >= 0.3 is 0 Å². The number of rotatable bonds is 4. The SMILES string of the molecule is CSC1CCCC1NC(=O)C1(C(N)=S)CC1. The van der Waals surface area contributed by atoms with Crippen molar-refractivity contribution in [3.05, 3.63) is 0 Å². The molecule has 1 amide bonds. The molecule has 0 heterocycles. The average Bonchev–Trinajstić information content (AvgIpc) is 2.95. The fourth-order valence-electron chi connectivity index (χ4n) is 2.39. The van der Waals surface area contributed by atoms with Gasteiger partial charge in [-0.3, -0.25) is 4.79 Å². The Balaban J connectivity index is 1.95. The molecule has 3 N–H and O–H groups in total. The van der Waals surface area contributed by atoms with Gasteiger partial charge in [0, 0.05) is 11.3 Å². The Morgan fingerprint density at radius 3 is 2.69 bits per heavy atom. The van der Waals surface area contributed by atoms with Crippen LogP contribution >= 0.6 is 24.0 Å². The summed E-state index contributed by atoms with van der Waals surface area (Å²) in [6.07, 6.45) is 7.25. The molecule has 0 saturated heterocycles. The van der Waals surface area contributed by atoms with Crippen molar-refractivity contribution in [2.45, 2.75) is 43.4 Å². The molecule has 2 aliphatic carbocycles. The molecule has 0 spiro atoms. The smallest absolute Gasteiger partial charge is 0.233 e. The molecule has 0 aromatic rings. The molecule has 5 heteroatoms. The zero-order valence-electron chi connectivity index (χ0n) is 9.49. The molecule has 2 atom stereocenters. The van der Waals surface area contributed by atoms with E-state index < -0.39 is 5.41 Å². The minimum Gasteiger partial charge on any atom is -0.392 e. The Morgan fingerprint density at radius 1 is 1.50 bits per heavy atom. The minimum absolute atomic E-state index is 0.0611. The van der Waals surface area contributed by atoms with Gasteiger partial charge in [0.05, 0.1) is 10.4 Å². The van der Waals surface area contributed by atoms with E-state index in [0.717, 1.165) is 19.3 Å². The van der Waals surface area contributed by atoms with Gasteiger partial charge in [-0.05, 0) is 31.9 Å². The third-order valence-electron chi connectivity index (χ3n) is 3.73. The van der Waals surface area contributed by atoms with Gasteiger partial charge in [0.2, 0.25) is 5.91 Å². The van der Waals surface area contributed by atoms with Gasteiger partial charge < -0.3 is 11.1 Å². The number of nitrogens with two attached hydrogens (primary N) is 1. The second-order valence-corrected chi connectivity index (χ2v) is 6.25. The first kappa shape index (κ1) is 12.2. The molecule has 2 unspecified atom stereocenters. The van der Waals surface area contributed by atoms with E-state index in [2.05, 4.69) is 11.6 Å². The topological polar surface area (TPSA) is 55.1 Å². The molecule has 2 fully saturated rings. The molecule has 16 heavy (non-hydrogen) atoms. The quantitative estimate of drug-likeness (QED) is 0.750. The number of nitrogens with one attached hydrogen (secondary N) is 1. The molecule has 0 aromatic carbocycles. The fraction of sp³-hybridized carbons (Fsp3) is 0.818. The summed E-state index contributed by atoms with van der Waals surface area (Å²) in [7, 11) is 0. The highest BCUT2D eigenvalue weighted by atomic mass is 32.2. The lowest BCUT2D eigenvalue weighted by atomic mass is 10.1. The van der Waals surface area contributed by atoms with Crippen molar-refractivity contribution in [3.8, 4) is 0 Å². The van der Waals surface area contributed by atoms with Crippen molar-refractivity contribution in [2.24, 2.45) is 11.1 Å². The van der Waals surface area contributed by atoms with Crippen LogP contribution in [0.1, 0.15) is 32.1 Å². The second-order valence-electron chi connectivity index (χ2n) is 4.73. The minimum atomic E-state index is -0.499. The van der Waals surface area contributed by atoms with Gasteiger partial charge in [-0.2, -0.15) is 11.8 Å². The largest absolute Gasteiger partial charge is 0.392 e. The molecule has 2 saturated carbocycles. The predicted molar refractivity (Wildman–Crippen MR) is 71.5 cm³/mol. The molecule has 3 nitrogen and oxygen atoms in total. The first-order valence-corrected chi connectivity index (χ1v) is 7.43. The highest BCUT2D eigenvalue weighted by Gasteiger charge is 2.53. The van der Waals surface area contributed by atoms with Gasteiger partial charge in [0.25, 0.3) is 0 Å². The summed E-state index contributed by atoms with van der Waals surface area (Å²) in [6, 6.07) is 0.314. The van der Waals surface area contributed by atoms with Gasteiger partial charge in [0.15, 0.2) is 0 Å². The fourth-order valence-corrected chi connectivity index (χ4v) is 3.62. The Labute approximate surface area is 106 Å². The Bertz CT molecular complexity index is 315. The summed E-state index contributed by atoms with van der Waals surface area (Å²) >= 11 is 6.82. The number of carbonyl (C=O) groups excluding carboxylic acids is 1. The Kier molecular flexibility index (Phi) is 3.45. The van der Waals surface area contributed by atoms with Crippen LogP contribution in [0.2, 0.25) is 0 Å². The standard InChI is InChI=1S/C11H18N2OS2/c1-16-8-4-2-3-7(8)13-10(14)11(5-6-11)9(12)15/h7-8H,2-6H2,1H3,(H2,12,15)(H,13,14). The molecular weight excluding hydrogens is 240 g/mol. The zero-order chi connectivity index (χ0) is 11.8. The summed E-state index contributed by atoms with van der Waals surface area (Å²) in [6.45, 7) is 0. The van der Waals surface area contributed by atoms with E-state index in [4.69, 9.17) is 18.0 Å². The second kappa shape index (κ2) is 4.53. The lowest BCUT2D eigenvalue weighted by Crippen LogP contribution is -2.46. The van der Waals surface area contributed by atoms with E-state index in [1.54, 1.807) is 0 Å². The monoisotopic (exact) mass is 258 g/mol. The summed E-state index contributed by atoms with van der Waals surface area (Å²) in [4.78, 5) is 12.5. The van der Waals surface area contributed by atoms with Crippen molar-refractivity contribution in [2.75, 3.05) is 6.26 Å². The van der Waals surface area contributed by atoms with Crippen LogP contribution in [-0.2, 0) is 4.79 Å². The van der Waals surface area contributed by atoms with Crippen molar-refractivity contribution < 1.29 is 4.79 Å². The van der Waals surface area contributed by atoms with E-state index in [9.17, 15) is 4.79 Å². The lowest BCUT2D eigenvalue weighted by molar-refractivity contribution is -0.124. The zero-order valence-corrected chi connectivity index (χ0v) is 11.1. The molecule has 2 aliphatic rings. The molecular formula is C11H18N2OS2. The Morgan fingerprint density at radius 2 is 2.19 bits per heavy atom. The maximum atomic E-state index is 12.1. The summed E-state index contributed by atoms with van der Waals surface area (Å²) < 4.78 is 0. The number of amides is 1. The van der Waals surface area contributed by atoms with Crippen molar-refractivity contribution in [3.63, 3.8) is 0 Å². The number of hydrogen-bond acceptors (Lipinski definition) is 3. The highest BCUT2D eigenvalue weighted by Crippen LogP contribution is 2.46. The molecule has 0 aromatic heterocycles. The van der Waals surface area contributed by atoms with Crippen LogP contribution in [-0.4, -0.2) is 28.4 Å². The van der Waals surface area contributed by atoms with Crippen molar-refractivity contribution in [1.82, 2.24) is 5.32 Å². The van der Waals surface area contributed by atoms with Crippen LogP contribution in [0.3, 0.4) is 0 Å². The predicted octanol–water partition coefficient (Wildman–Crippen LogP) is 1.45. The van der Waals surface area contributed by atoms with Crippen LogP contribution in [0.5, 0.6) is 0 Å². The number of thioether (sulfide) groups is 1. The van der Waals surface area contributed by atoms with Gasteiger partial charge in [-0.25, -0.2) is 0 Å². The van der Waals surface area contributed by atoms with Crippen LogP contribution in [0.4, 0.5) is 0 Å². The van der Waals surface area contributed by atoms with E-state index in [0.29, 0.717) is 16.3 Å². The normalized spacial score (nSPS) is 31.1. The lowest BCUT2D eigenvalue weighted by Gasteiger charge is -2.22. The summed E-state index contributed by atoms with van der Waals surface area (Å²) in [5, 5.41) is 3.70. The first-order chi connectivity index (χ1) is 7.60. The van der Waals surface area contributed by atoms with Gasteiger partial charge in [-0.1, -0.05) is 18.6 Å². The maximum Gasteiger partial charge on any atom is 0.233 e. The number of carbonyl (C=O) groups is 1. The number of hydrogen-bond donors (Lipinski definition) is 2. The molecule has 0 aliphatic heterocycles. The molecule has 90 valence electrons. The highest BCUT2D eigenvalue weighted by molar-refractivity contribution is 7.99. The molecule has 2 rings (SSSR count). The van der Waals surface area contributed by atoms with E-state index in [1.165, 1.54) is 12.8 Å². The average molecular weight is 258 g/mol. The third-order valence-corrected chi connectivity index (χ3v) is 5.29. The van der Waals surface area contributed by atoms with E-state index >= 15 is 0 Å². The molecule has 0 radical (unpaired) electrons. The van der Waals surface area contributed by atoms with Crippen LogP contribution < -0.4 is 11.1 Å². The van der Waals surface area contributed by atoms with Crippen molar-refractivity contribution in [1.29, 1.82) is 0 Å². The van der Waals surface area contributed by atoms with Gasteiger partial charge in [-0.15, -0.1) is 0 Å². The summed E-state index contributed by atoms with van der Waals surface area (Å²) in [5.74, 6) is 0.0611. The van der Waals surface area contributed by atoms with Crippen LogP contribution in [0.25, 0.3) is 0 Å². The molecule has 0 bridgehead atoms. The van der Waals surface area contributed by atoms with E-state index in [1.807, 2.05) is 11.8 Å². The summed E-state index contributed by atoms with van der Waals surface area (Å²) in [5.41, 5.74) is 5.14. The van der Waals surface area contributed by atoms with E-state index in [-0.39, 0.29) is 5.91 Å². The van der Waals surface area contributed by atoms with Crippen LogP contribution in [0, 0.1) is 5.41 Å². The van der Waals surface area contributed by atoms with Gasteiger partial charge in [0.1, 0.15) is 0 Å². The Hall–Kier alpha value is -0.290. The maximum absolute atomic E-state index is 12.1. The number of thiocarbonyl (C=S) groups is 1.